The number of non-ortho nitro benzene ring substituents is 1. The fourth-order valence-corrected chi connectivity index (χ4v) is 3.61. The Morgan fingerprint density at radius 1 is 1.18 bits per heavy atom. The summed E-state index contributed by atoms with van der Waals surface area (Å²) in [5, 5.41) is 21.9. The predicted octanol–water partition coefficient (Wildman–Crippen LogP) is 4.34. The molecule has 0 bridgehead atoms. The number of benzene rings is 2. The van der Waals surface area contributed by atoms with E-state index < -0.39 is 10.8 Å². The number of rotatable bonds is 5. The van der Waals surface area contributed by atoms with E-state index in [1.807, 2.05) is 31.2 Å². The van der Waals surface area contributed by atoms with Gasteiger partial charge in [-0.1, -0.05) is 34.9 Å². The zero-order chi connectivity index (χ0) is 19.7. The molecule has 0 aliphatic rings. The zero-order valence-electron chi connectivity index (χ0n) is 14.7. The molecule has 0 aliphatic carbocycles. The lowest BCUT2D eigenvalue weighted by atomic mass is 10.1. The summed E-state index contributed by atoms with van der Waals surface area (Å²) in [6, 6.07) is 14.1. The minimum absolute atomic E-state index is 0.00977. The molecule has 2 heterocycles. The standard InChI is InChI=1S/C19H14N4O4S/c1-11-2-4-12(5-3-11)8-17-21-22-19(27-17)20-18(24)16-10-13-9-14(23(25)26)6-7-15(13)28-16/h2-7,9-10H,8H2,1H3,(H,20,22,24). The number of anilines is 1. The van der Waals surface area contributed by atoms with E-state index in [1.165, 1.54) is 23.5 Å². The molecule has 28 heavy (non-hydrogen) atoms. The maximum absolute atomic E-state index is 12.4. The van der Waals surface area contributed by atoms with Crippen LogP contribution in [0, 0.1) is 17.0 Å². The van der Waals surface area contributed by atoms with Gasteiger partial charge in [-0.05, 0) is 24.6 Å². The van der Waals surface area contributed by atoms with E-state index in [2.05, 4.69) is 15.5 Å². The molecule has 0 saturated heterocycles. The second kappa shape index (κ2) is 7.20. The summed E-state index contributed by atoms with van der Waals surface area (Å²) in [5.74, 6) is -0.0134. The van der Waals surface area contributed by atoms with Gasteiger partial charge >= 0.3 is 6.01 Å². The van der Waals surface area contributed by atoms with Crippen molar-refractivity contribution < 1.29 is 14.1 Å². The summed E-state index contributed by atoms with van der Waals surface area (Å²) in [6.45, 7) is 2.01. The van der Waals surface area contributed by atoms with Crippen LogP contribution in [0.25, 0.3) is 10.1 Å². The van der Waals surface area contributed by atoms with Crippen LogP contribution < -0.4 is 5.32 Å². The first kappa shape index (κ1) is 17.8. The molecule has 0 aliphatic heterocycles. The SMILES string of the molecule is Cc1ccc(Cc2nnc(NC(=O)c3cc4cc([N+](=O)[O-])ccc4s3)o2)cc1. The van der Waals surface area contributed by atoms with Gasteiger partial charge in [0.25, 0.3) is 11.6 Å². The van der Waals surface area contributed by atoms with Crippen molar-refractivity contribution in [3.8, 4) is 0 Å². The lowest BCUT2D eigenvalue weighted by molar-refractivity contribution is -0.384. The number of amides is 1. The van der Waals surface area contributed by atoms with Crippen molar-refractivity contribution in [2.45, 2.75) is 13.3 Å². The largest absolute Gasteiger partial charge is 0.407 e. The number of fused-ring (bicyclic) bond motifs is 1. The molecule has 0 atom stereocenters. The highest BCUT2D eigenvalue weighted by molar-refractivity contribution is 7.20. The average Bonchev–Trinajstić information content (AvgIpc) is 3.29. The first-order valence-electron chi connectivity index (χ1n) is 8.35. The van der Waals surface area contributed by atoms with Gasteiger partial charge in [0.1, 0.15) is 0 Å². The third kappa shape index (κ3) is 3.74. The Bertz CT molecular complexity index is 1180. The van der Waals surface area contributed by atoms with Crippen molar-refractivity contribution in [3.05, 3.63) is 80.5 Å². The van der Waals surface area contributed by atoms with Crippen LogP contribution in [-0.2, 0) is 6.42 Å². The Kier molecular flexibility index (Phi) is 4.58. The van der Waals surface area contributed by atoms with E-state index in [4.69, 9.17) is 4.42 Å². The van der Waals surface area contributed by atoms with Gasteiger partial charge in [0.15, 0.2) is 0 Å². The number of carbonyl (C=O) groups excluding carboxylic acids is 1. The Labute approximate surface area is 163 Å². The fraction of sp³-hybridized carbons (Fsp3) is 0.105. The summed E-state index contributed by atoms with van der Waals surface area (Å²) in [7, 11) is 0. The molecule has 0 unspecified atom stereocenters. The van der Waals surface area contributed by atoms with Gasteiger partial charge in [-0.15, -0.1) is 16.4 Å². The van der Waals surface area contributed by atoms with Crippen molar-refractivity contribution >= 4 is 39.0 Å². The lowest BCUT2D eigenvalue weighted by Gasteiger charge is -1.98. The Hall–Kier alpha value is -3.59. The summed E-state index contributed by atoms with van der Waals surface area (Å²) in [4.78, 5) is 23.3. The number of hydrogen-bond acceptors (Lipinski definition) is 7. The van der Waals surface area contributed by atoms with Gasteiger partial charge in [0.05, 0.1) is 16.2 Å². The maximum Gasteiger partial charge on any atom is 0.322 e. The van der Waals surface area contributed by atoms with Crippen molar-refractivity contribution in [1.82, 2.24) is 10.2 Å². The number of nitro benzene ring substituents is 1. The highest BCUT2D eigenvalue weighted by Gasteiger charge is 2.16. The van der Waals surface area contributed by atoms with Crippen molar-refractivity contribution in [3.63, 3.8) is 0 Å². The number of hydrogen-bond donors (Lipinski definition) is 1. The fourth-order valence-electron chi connectivity index (χ4n) is 2.67. The van der Waals surface area contributed by atoms with Crippen LogP contribution >= 0.6 is 11.3 Å². The van der Waals surface area contributed by atoms with E-state index in [0.717, 1.165) is 15.8 Å². The summed E-state index contributed by atoms with van der Waals surface area (Å²) in [6.07, 6.45) is 0.468. The zero-order valence-corrected chi connectivity index (χ0v) is 15.5. The molecule has 1 amide bonds. The van der Waals surface area contributed by atoms with Crippen molar-refractivity contribution in [2.75, 3.05) is 5.32 Å². The number of nitro groups is 1. The molecule has 0 spiro atoms. The molecule has 2 aromatic carbocycles. The number of aryl methyl sites for hydroxylation is 1. The molecule has 140 valence electrons. The third-order valence-electron chi connectivity index (χ3n) is 4.10. The summed E-state index contributed by atoms with van der Waals surface area (Å²) >= 11 is 1.23. The molecular formula is C19H14N4O4S. The number of nitrogens with one attached hydrogen (secondary N) is 1. The predicted molar refractivity (Wildman–Crippen MR) is 105 cm³/mol. The quantitative estimate of drug-likeness (QED) is 0.398. The topological polar surface area (TPSA) is 111 Å². The van der Waals surface area contributed by atoms with Crippen LogP contribution in [0.2, 0.25) is 0 Å². The molecule has 8 nitrogen and oxygen atoms in total. The number of nitrogens with zero attached hydrogens (tertiary/aromatic N) is 3. The molecular weight excluding hydrogens is 380 g/mol. The first-order valence-corrected chi connectivity index (χ1v) is 9.17. The number of carbonyl (C=O) groups is 1. The lowest BCUT2D eigenvalue weighted by Crippen LogP contribution is -2.10. The van der Waals surface area contributed by atoms with Crippen LogP contribution in [0.4, 0.5) is 11.7 Å². The second-order valence-electron chi connectivity index (χ2n) is 6.21. The van der Waals surface area contributed by atoms with Gasteiger partial charge in [-0.2, -0.15) is 0 Å². The highest BCUT2D eigenvalue weighted by atomic mass is 32.1. The first-order chi connectivity index (χ1) is 13.5. The second-order valence-corrected chi connectivity index (χ2v) is 7.29. The van der Waals surface area contributed by atoms with Crippen LogP contribution in [0.5, 0.6) is 0 Å². The molecule has 4 rings (SSSR count). The van der Waals surface area contributed by atoms with Gasteiger partial charge in [0.2, 0.25) is 5.89 Å². The Morgan fingerprint density at radius 3 is 2.71 bits per heavy atom. The molecule has 0 fully saturated rings. The molecule has 1 N–H and O–H groups in total. The maximum atomic E-state index is 12.4. The van der Waals surface area contributed by atoms with E-state index in [-0.39, 0.29) is 11.7 Å². The summed E-state index contributed by atoms with van der Waals surface area (Å²) in [5.41, 5.74) is 2.17. The molecule has 0 radical (unpaired) electrons. The van der Waals surface area contributed by atoms with Gasteiger partial charge in [0, 0.05) is 22.2 Å². The van der Waals surface area contributed by atoms with E-state index in [0.29, 0.717) is 22.6 Å². The van der Waals surface area contributed by atoms with Crippen LogP contribution in [0.3, 0.4) is 0 Å². The molecule has 2 aromatic heterocycles. The summed E-state index contributed by atoms with van der Waals surface area (Å²) < 4.78 is 6.27. The van der Waals surface area contributed by atoms with E-state index >= 15 is 0 Å². The van der Waals surface area contributed by atoms with Gasteiger partial charge < -0.3 is 4.42 Å². The normalized spacial score (nSPS) is 10.9. The van der Waals surface area contributed by atoms with Gasteiger partial charge in [-0.3, -0.25) is 20.2 Å². The smallest absolute Gasteiger partial charge is 0.322 e. The number of thiophene rings is 1. The van der Waals surface area contributed by atoms with Crippen molar-refractivity contribution in [1.29, 1.82) is 0 Å². The highest BCUT2D eigenvalue weighted by Crippen LogP contribution is 2.29. The minimum Gasteiger partial charge on any atom is -0.407 e. The molecule has 9 heteroatoms. The minimum atomic E-state index is -0.467. The molecule has 4 aromatic rings. The van der Waals surface area contributed by atoms with E-state index in [9.17, 15) is 14.9 Å². The monoisotopic (exact) mass is 394 g/mol. The average molecular weight is 394 g/mol. The Morgan fingerprint density at radius 2 is 1.96 bits per heavy atom. The van der Waals surface area contributed by atoms with E-state index in [1.54, 1.807) is 12.1 Å². The van der Waals surface area contributed by atoms with Gasteiger partial charge in [-0.25, -0.2) is 0 Å². The van der Waals surface area contributed by atoms with Crippen molar-refractivity contribution in [2.24, 2.45) is 0 Å². The third-order valence-corrected chi connectivity index (χ3v) is 5.21. The Balaban J connectivity index is 1.47. The van der Waals surface area contributed by atoms with Crippen LogP contribution in [0.1, 0.15) is 26.7 Å². The number of aromatic nitrogens is 2. The molecule has 0 saturated carbocycles. The van der Waals surface area contributed by atoms with Crippen LogP contribution in [-0.4, -0.2) is 21.0 Å². The van der Waals surface area contributed by atoms with Crippen LogP contribution in [0.15, 0.2) is 52.9 Å².